The average molecular weight is 540 g/mol. The predicted octanol–water partition coefficient (Wildman–Crippen LogP) is -0.333. The smallest absolute Gasteiger partial charge is 0.326 e. The molecule has 0 saturated carbocycles. The fraction of sp³-hybridized carbons (Fsp3) is 0.261. The number of carboxylic acid groups (broad SMARTS) is 2. The van der Waals surface area contributed by atoms with E-state index in [1.807, 2.05) is 0 Å². The van der Waals surface area contributed by atoms with Crippen molar-refractivity contribution in [3.63, 3.8) is 0 Å². The van der Waals surface area contributed by atoms with Crippen LogP contribution in [-0.4, -0.2) is 65.9 Å². The first-order valence-corrected chi connectivity index (χ1v) is 11.5. The Balaban J connectivity index is 0.000000520. The number of nitrogens with two attached hydrogens (primary N) is 2. The molecule has 1 aromatic carbocycles. The fourth-order valence-corrected chi connectivity index (χ4v) is 3.27. The van der Waals surface area contributed by atoms with Gasteiger partial charge >= 0.3 is 11.9 Å². The van der Waals surface area contributed by atoms with Crippen LogP contribution in [0.4, 0.5) is 17.5 Å². The van der Waals surface area contributed by atoms with Crippen molar-refractivity contribution < 1.29 is 34.2 Å². The van der Waals surface area contributed by atoms with Crippen LogP contribution in [0.15, 0.2) is 30.5 Å². The standard InChI is InChI=1S/C19H20N8O5.C4H5NO2/c20-15-14-16(27-19(21)26-15)23-8-11(24-14)7-22-10-3-1-9(2-4-10)17(30)25-12(18(31)32)5-6-13(28)29;6-3-1-2-4(7)5-3/h1-4,8,12,22H,5-7H2,(H,25,30)(H,28,29)(H,31,32)(H4,20,21,23,26,27);1-2H2,(H,5,6,7)/t12-;/m0./s1. The summed E-state index contributed by atoms with van der Waals surface area (Å²) in [5.41, 5.74) is 13.4. The molecule has 0 radical (unpaired) electrons. The van der Waals surface area contributed by atoms with Gasteiger partial charge in [-0.05, 0) is 30.7 Å². The van der Waals surface area contributed by atoms with Gasteiger partial charge in [0.15, 0.2) is 17.0 Å². The topological polar surface area (TPSA) is 265 Å². The summed E-state index contributed by atoms with van der Waals surface area (Å²) < 4.78 is 0. The number of carbonyl (C=O) groups excluding carboxylic acids is 3. The molecule has 2 aromatic heterocycles. The first kappa shape index (κ1) is 28.2. The zero-order valence-corrected chi connectivity index (χ0v) is 20.4. The number of fused-ring (bicyclic) bond motifs is 1. The van der Waals surface area contributed by atoms with Crippen LogP contribution in [0.3, 0.4) is 0 Å². The van der Waals surface area contributed by atoms with Gasteiger partial charge in [0, 0.05) is 30.5 Å². The lowest BCUT2D eigenvalue weighted by Gasteiger charge is -2.14. The third-order valence-corrected chi connectivity index (χ3v) is 5.23. The van der Waals surface area contributed by atoms with E-state index in [4.69, 9.17) is 21.7 Å². The lowest BCUT2D eigenvalue weighted by atomic mass is 10.1. The number of imide groups is 1. The van der Waals surface area contributed by atoms with Crippen molar-refractivity contribution in [2.75, 3.05) is 16.8 Å². The van der Waals surface area contributed by atoms with Crippen molar-refractivity contribution in [2.45, 2.75) is 38.3 Å². The number of benzene rings is 1. The van der Waals surface area contributed by atoms with Crippen molar-refractivity contribution >= 4 is 58.3 Å². The molecule has 3 aromatic rings. The lowest BCUT2D eigenvalue weighted by Crippen LogP contribution is -2.41. The van der Waals surface area contributed by atoms with Gasteiger partial charge in [0.25, 0.3) is 5.91 Å². The van der Waals surface area contributed by atoms with E-state index in [9.17, 15) is 24.0 Å². The van der Waals surface area contributed by atoms with Crippen molar-refractivity contribution in [2.24, 2.45) is 0 Å². The number of rotatable bonds is 9. The quantitative estimate of drug-likeness (QED) is 0.172. The monoisotopic (exact) mass is 539 g/mol. The number of anilines is 3. The number of hydrogen-bond donors (Lipinski definition) is 7. The Morgan fingerprint density at radius 1 is 1.00 bits per heavy atom. The molecule has 0 bridgehead atoms. The van der Waals surface area contributed by atoms with Crippen LogP contribution >= 0.6 is 0 Å². The molecule has 0 aliphatic carbocycles. The van der Waals surface area contributed by atoms with Crippen LogP contribution in [0.5, 0.6) is 0 Å². The van der Waals surface area contributed by atoms with E-state index in [1.165, 1.54) is 18.3 Å². The fourth-order valence-electron chi connectivity index (χ4n) is 3.27. The minimum Gasteiger partial charge on any atom is -0.481 e. The Morgan fingerprint density at radius 2 is 1.67 bits per heavy atom. The minimum atomic E-state index is -1.30. The second kappa shape index (κ2) is 12.7. The zero-order valence-electron chi connectivity index (χ0n) is 20.4. The van der Waals surface area contributed by atoms with Crippen LogP contribution in [0.2, 0.25) is 0 Å². The summed E-state index contributed by atoms with van der Waals surface area (Å²) in [6.07, 6.45) is 1.68. The summed E-state index contributed by atoms with van der Waals surface area (Å²) in [5.74, 6) is -3.23. The van der Waals surface area contributed by atoms with Crippen LogP contribution in [0, 0.1) is 0 Å². The molecule has 0 spiro atoms. The number of nitrogen functional groups attached to an aromatic ring is 2. The molecule has 0 unspecified atom stereocenters. The van der Waals surface area contributed by atoms with E-state index >= 15 is 0 Å². The van der Waals surface area contributed by atoms with E-state index in [1.54, 1.807) is 12.1 Å². The second-order valence-corrected chi connectivity index (χ2v) is 8.20. The van der Waals surface area contributed by atoms with Crippen LogP contribution < -0.4 is 27.4 Å². The molecule has 39 heavy (non-hydrogen) atoms. The highest BCUT2D eigenvalue weighted by Crippen LogP contribution is 2.16. The largest absolute Gasteiger partial charge is 0.481 e. The van der Waals surface area contributed by atoms with Crippen molar-refractivity contribution in [3.05, 3.63) is 41.7 Å². The molecule has 1 aliphatic rings. The molecule has 16 nitrogen and oxygen atoms in total. The Labute approximate surface area is 220 Å². The van der Waals surface area contributed by atoms with E-state index < -0.39 is 23.9 Å². The maximum absolute atomic E-state index is 12.3. The number of hydrogen-bond acceptors (Lipinski definition) is 12. The molecule has 1 aliphatic heterocycles. The highest BCUT2D eigenvalue weighted by Gasteiger charge is 2.21. The van der Waals surface area contributed by atoms with Gasteiger partial charge in [-0.1, -0.05) is 0 Å². The highest BCUT2D eigenvalue weighted by atomic mass is 16.4. The van der Waals surface area contributed by atoms with Gasteiger partial charge in [-0.25, -0.2) is 14.8 Å². The first-order valence-electron chi connectivity index (χ1n) is 11.5. The maximum Gasteiger partial charge on any atom is 0.326 e. The summed E-state index contributed by atoms with van der Waals surface area (Å²) in [6.45, 7) is 0.300. The molecule has 16 heteroatoms. The summed E-state index contributed by atoms with van der Waals surface area (Å²) in [7, 11) is 0. The summed E-state index contributed by atoms with van der Waals surface area (Å²) >= 11 is 0. The maximum atomic E-state index is 12.3. The van der Waals surface area contributed by atoms with Crippen LogP contribution in [0.1, 0.15) is 41.7 Å². The third-order valence-electron chi connectivity index (χ3n) is 5.23. The first-order chi connectivity index (χ1) is 18.5. The molecule has 1 atom stereocenters. The van der Waals surface area contributed by atoms with Gasteiger partial charge in [-0.15, -0.1) is 0 Å². The number of carbonyl (C=O) groups is 5. The second-order valence-electron chi connectivity index (χ2n) is 8.20. The molecule has 3 heterocycles. The van der Waals surface area contributed by atoms with Gasteiger partial charge in [-0.3, -0.25) is 24.5 Å². The number of amides is 3. The number of nitrogens with zero attached hydrogens (tertiary/aromatic N) is 4. The lowest BCUT2D eigenvalue weighted by molar-refractivity contribution is -0.140. The van der Waals surface area contributed by atoms with Crippen LogP contribution in [0.25, 0.3) is 11.2 Å². The van der Waals surface area contributed by atoms with Crippen LogP contribution in [-0.2, 0) is 25.7 Å². The SMILES string of the molecule is Nc1nc(N)c2nc(CNc3ccc(C(=O)N[C@@H](CCC(=O)O)C(=O)O)cc3)cnc2n1.O=C1CCC(=O)N1. The van der Waals surface area contributed by atoms with Crippen molar-refractivity contribution in [1.29, 1.82) is 0 Å². The summed E-state index contributed by atoms with van der Waals surface area (Å²) in [6, 6.07) is 4.99. The van der Waals surface area contributed by atoms with Gasteiger partial charge in [0.1, 0.15) is 6.04 Å². The number of nitrogens with one attached hydrogen (secondary N) is 3. The molecule has 1 fully saturated rings. The van der Waals surface area contributed by atoms with E-state index in [-0.39, 0.29) is 47.6 Å². The summed E-state index contributed by atoms with van der Waals surface area (Å²) in [5, 5.41) is 25.4. The van der Waals surface area contributed by atoms with Gasteiger partial charge < -0.3 is 32.3 Å². The predicted molar refractivity (Wildman–Crippen MR) is 136 cm³/mol. The van der Waals surface area contributed by atoms with Gasteiger partial charge in [0.05, 0.1) is 18.4 Å². The molecule has 4 rings (SSSR count). The Bertz CT molecular complexity index is 1400. The van der Waals surface area contributed by atoms with E-state index in [0.717, 1.165) is 0 Å². The minimum absolute atomic E-state index is 0.0101. The highest BCUT2D eigenvalue weighted by molar-refractivity contribution is 6.01. The Kier molecular flexibility index (Phi) is 9.18. The third kappa shape index (κ3) is 8.31. The normalized spacial score (nSPS) is 13.1. The van der Waals surface area contributed by atoms with E-state index in [0.29, 0.717) is 36.3 Å². The number of aliphatic carboxylic acids is 2. The summed E-state index contributed by atoms with van der Waals surface area (Å²) in [4.78, 5) is 70.7. The van der Waals surface area contributed by atoms with Crippen molar-refractivity contribution in [1.82, 2.24) is 30.6 Å². The molecular formula is C23H25N9O7. The zero-order chi connectivity index (χ0) is 28.5. The molecule has 204 valence electrons. The molecule has 1 saturated heterocycles. The van der Waals surface area contributed by atoms with Gasteiger partial charge in [-0.2, -0.15) is 9.97 Å². The average Bonchev–Trinajstić information content (AvgIpc) is 3.27. The number of carboxylic acids is 2. The number of aromatic nitrogens is 4. The molecule has 9 N–H and O–H groups in total. The molecular weight excluding hydrogens is 514 g/mol. The molecule has 3 amide bonds. The van der Waals surface area contributed by atoms with E-state index in [2.05, 4.69) is 35.9 Å². The van der Waals surface area contributed by atoms with Gasteiger partial charge in [0.2, 0.25) is 17.8 Å². The Morgan fingerprint density at radius 3 is 2.23 bits per heavy atom. The Hall–Kier alpha value is -5.41. The van der Waals surface area contributed by atoms with Crippen molar-refractivity contribution in [3.8, 4) is 0 Å².